The van der Waals surface area contributed by atoms with Gasteiger partial charge in [0.2, 0.25) is 0 Å². The van der Waals surface area contributed by atoms with E-state index in [0.717, 1.165) is 32.1 Å². The largest absolute Gasteiger partial charge is 0.392 e. The molecule has 0 aliphatic heterocycles. The number of hydrogen-bond acceptors (Lipinski definition) is 2. The molecule has 1 rings (SSSR count). The second kappa shape index (κ2) is 6.06. The minimum Gasteiger partial charge on any atom is -0.392 e. The highest BCUT2D eigenvalue weighted by atomic mass is 16.3. The zero-order valence-electron chi connectivity index (χ0n) is 9.00. The molecule has 2 N–H and O–H groups in total. The van der Waals surface area contributed by atoms with Gasteiger partial charge in [-0.2, -0.15) is 0 Å². The average molecular weight is 195 g/mol. The van der Waals surface area contributed by atoms with E-state index in [-0.39, 0.29) is 12.1 Å². The maximum Gasteiger partial charge on any atom is 0.0693 e. The predicted molar refractivity (Wildman–Crippen MR) is 58.9 cm³/mol. The Balaban J connectivity index is 2.36. The van der Waals surface area contributed by atoms with Crippen molar-refractivity contribution in [1.29, 1.82) is 0 Å². The number of rotatable bonds is 4. The lowest BCUT2D eigenvalue weighted by atomic mass is 9.91. The van der Waals surface area contributed by atoms with Crippen LogP contribution < -0.4 is 5.32 Å². The molecule has 0 saturated heterocycles. The molecule has 1 unspecified atom stereocenters. The van der Waals surface area contributed by atoms with Crippen LogP contribution in [0.15, 0.2) is 0 Å². The maximum atomic E-state index is 9.77. The summed E-state index contributed by atoms with van der Waals surface area (Å²) < 4.78 is 0. The highest BCUT2D eigenvalue weighted by Gasteiger charge is 2.24. The minimum absolute atomic E-state index is 0.171. The summed E-state index contributed by atoms with van der Waals surface area (Å²) in [4.78, 5) is 0. The summed E-state index contributed by atoms with van der Waals surface area (Å²) in [5.74, 6) is 2.68. The predicted octanol–water partition coefficient (Wildman–Crippen LogP) is 1.68. The SMILES string of the molecule is C#CCC(CC)N[C@H]1CCCC[C@@H]1O. The zero-order chi connectivity index (χ0) is 10.4. The van der Waals surface area contributed by atoms with Crippen molar-refractivity contribution >= 4 is 0 Å². The third-order valence-corrected chi connectivity index (χ3v) is 3.04. The molecule has 0 aromatic heterocycles. The van der Waals surface area contributed by atoms with E-state index in [0.29, 0.717) is 6.04 Å². The van der Waals surface area contributed by atoms with Crippen molar-refractivity contribution in [3.63, 3.8) is 0 Å². The van der Waals surface area contributed by atoms with Crippen molar-refractivity contribution in [2.24, 2.45) is 0 Å². The van der Waals surface area contributed by atoms with Gasteiger partial charge in [-0.25, -0.2) is 0 Å². The zero-order valence-corrected chi connectivity index (χ0v) is 9.00. The molecule has 0 aromatic carbocycles. The van der Waals surface area contributed by atoms with Gasteiger partial charge < -0.3 is 10.4 Å². The van der Waals surface area contributed by atoms with E-state index in [1.165, 1.54) is 6.42 Å². The summed E-state index contributed by atoms with van der Waals surface area (Å²) in [5, 5.41) is 13.2. The maximum absolute atomic E-state index is 9.77. The van der Waals surface area contributed by atoms with Crippen LogP contribution in [0.3, 0.4) is 0 Å². The molecule has 14 heavy (non-hydrogen) atoms. The molecule has 1 saturated carbocycles. The van der Waals surface area contributed by atoms with Crippen molar-refractivity contribution < 1.29 is 5.11 Å². The highest BCUT2D eigenvalue weighted by molar-refractivity contribution is 4.92. The van der Waals surface area contributed by atoms with Gasteiger partial charge in [0.05, 0.1) is 6.10 Å². The Kier molecular flexibility index (Phi) is 5.00. The van der Waals surface area contributed by atoms with Crippen LogP contribution in [0.25, 0.3) is 0 Å². The van der Waals surface area contributed by atoms with Gasteiger partial charge in [0, 0.05) is 18.5 Å². The Morgan fingerprint density at radius 1 is 1.50 bits per heavy atom. The third kappa shape index (κ3) is 3.32. The number of hydrogen-bond donors (Lipinski definition) is 2. The van der Waals surface area contributed by atoms with E-state index < -0.39 is 0 Å². The molecule has 3 atom stereocenters. The highest BCUT2D eigenvalue weighted by Crippen LogP contribution is 2.19. The summed E-state index contributed by atoms with van der Waals surface area (Å²) >= 11 is 0. The van der Waals surface area contributed by atoms with Gasteiger partial charge in [-0.3, -0.25) is 0 Å². The third-order valence-electron chi connectivity index (χ3n) is 3.04. The van der Waals surface area contributed by atoms with Crippen molar-refractivity contribution in [1.82, 2.24) is 5.32 Å². The summed E-state index contributed by atoms with van der Waals surface area (Å²) in [7, 11) is 0. The molecule has 80 valence electrons. The summed E-state index contributed by atoms with van der Waals surface area (Å²) in [6.07, 6.45) is 11.3. The Morgan fingerprint density at radius 3 is 2.79 bits per heavy atom. The van der Waals surface area contributed by atoms with E-state index in [2.05, 4.69) is 18.2 Å². The fourth-order valence-electron chi connectivity index (χ4n) is 2.07. The van der Waals surface area contributed by atoms with Gasteiger partial charge in [0.15, 0.2) is 0 Å². The lowest BCUT2D eigenvalue weighted by Crippen LogP contribution is -2.46. The van der Waals surface area contributed by atoms with Crippen LogP contribution in [-0.4, -0.2) is 23.3 Å². The minimum atomic E-state index is -0.171. The van der Waals surface area contributed by atoms with Crippen LogP contribution in [0, 0.1) is 12.3 Å². The number of nitrogens with one attached hydrogen (secondary N) is 1. The average Bonchev–Trinajstić information content (AvgIpc) is 2.20. The van der Waals surface area contributed by atoms with E-state index in [9.17, 15) is 5.11 Å². The molecule has 2 nitrogen and oxygen atoms in total. The second-order valence-electron chi connectivity index (χ2n) is 4.14. The molecule has 0 bridgehead atoms. The smallest absolute Gasteiger partial charge is 0.0693 e. The summed E-state index contributed by atoms with van der Waals surface area (Å²) in [5.41, 5.74) is 0. The molecule has 2 heteroatoms. The van der Waals surface area contributed by atoms with Crippen LogP contribution in [0.2, 0.25) is 0 Å². The molecule has 0 amide bonds. The lowest BCUT2D eigenvalue weighted by molar-refractivity contribution is 0.0848. The topological polar surface area (TPSA) is 32.3 Å². The summed E-state index contributed by atoms with van der Waals surface area (Å²) in [6.45, 7) is 2.13. The van der Waals surface area contributed by atoms with Crippen molar-refractivity contribution in [2.45, 2.75) is 63.6 Å². The van der Waals surface area contributed by atoms with E-state index >= 15 is 0 Å². The normalized spacial score (nSPS) is 29.5. The molecule has 0 aromatic rings. The van der Waals surface area contributed by atoms with Gasteiger partial charge >= 0.3 is 0 Å². The van der Waals surface area contributed by atoms with Crippen LogP contribution in [0.1, 0.15) is 45.4 Å². The van der Waals surface area contributed by atoms with Crippen LogP contribution in [-0.2, 0) is 0 Å². The van der Waals surface area contributed by atoms with Crippen LogP contribution in [0.5, 0.6) is 0 Å². The fourth-order valence-corrected chi connectivity index (χ4v) is 2.07. The Morgan fingerprint density at radius 2 is 2.21 bits per heavy atom. The van der Waals surface area contributed by atoms with Crippen molar-refractivity contribution in [3.05, 3.63) is 0 Å². The molecular weight excluding hydrogens is 174 g/mol. The van der Waals surface area contributed by atoms with Crippen LogP contribution >= 0.6 is 0 Å². The first-order chi connectivity index (χ1) is 6.77. The van der Waals surface area contributed by atoms with Gasteiger partial charge in [-0.15, -0.1) is 12.3 Å². The first kappa shape index (κ1) is 11.6. The Labute approximate surface area is 87.1 Å². The van der Waals surface area contributed by atoms with Gasteiger partial charge in [0.1, 0.15) is 0 Å². The van der Waals surface area contributed by atoms with Crippen molar-refractivity contribution in [2.75, 3.05) is 0 Å². The van der Waals surface area contributed by atoms with Gasteiger partial charge in [-0.1, -0.05) is 19.8 Å². The second-order valence-corrected chi connectivity index (χ2v) is 4.14. The monoisotopic (exact) mass is 195 g/mol. The number of terminal acetylenes is 1. The van der Waals surface area contributed by atoms with Gasteiger partial charge in [-0.05, 0) is 19.3 Å². The molecule has 1 aliphatic carbocycles. The molecular formula is C12H21NO. The Hall–Kier alpha value is -0.520. The van der Waals surface area contributed by atoms with Crippen molar-refractivity contribution in [3.8, 4) is 12.3 Å². The summed E-state index contributed by atoms with van der Waals surface area (Å²) in [6, 6.07) is 0.639. The molecule has 0 spiro atoms. The first-order valence-electron chi connectivity index (χ1n) is 5.65. The molecule has 0 radical (unpaired) electrons. The molecule has 0 heterocycles. The van der Waals surface area contributed by atoms with Gasteiger partial charge in [0.25, 0.3) is 0 Å². The number of aliphatic hydroxyl groups is 1. The first-order valence-corrected chi connectivity index (χ1v) is 5.65. The standard InChI is InChI=1S/C12H21NO/c1-3-7-10(4-2)13-11-8-5-6-9-12(11)14/h1,10-14H,4-9H2,2H3/t10?,11-,12-/m0/s1. The van der Waals surface area contributed by atoms with E-state index in [1.807, 2.05) is 0 Å². The molecule has 1 aliphatic rings. The Bertz CT molecular complexity index is 197. The number of aliphatic hydroxyl groups excluding tert-OH is 1. The quantitative estimate of drug-likeness (QED) is 0.669. The van der Waals surface area contributed by atoms with E-state index in [1.54, 1.807) is 0 Å². The van der Waals surface area contributed by atoms with E-state index in [4.69, 9.17) is 6.42 Å². The van der Waals surface area contributed by atoms with Crippen LogP contribution in [0.4, 0.5) is 0 Å². The molecule has 1 fully saturated rings. The fraction of sp³-hybridized carbons (Fsp3) is 0.833. The lowest BCUT2D eigenvalue weighted by Gasteiger charge is -2.31.